The van der Waals surface area contributed by atoms with E-state index in [1.54, 1.807) is 22.3 Å². The van der Waals surface area contributed by atoms with E-state index in [1.165, 1.54) is 11.3 Å². The molecule has 0 spiro atoms. The van der Waals surface area contributed by atoms with E-state index < -0.39 is 0 Å². The van der Waals surface area contributed by atoms with E-state index >= 15 is 0 Å². The SMILES string of the molecule is Cn1ncc2c(N3CCN(CCC(=O)Nc4sc5c(c4C#N)CCCC5)CC3)ncnc21. The highest BCUT2D eigenvalue weighted by Crippen LogP contribution is 2.37. The summed E-state index contributed by atoms with van der Waals surface area (Å²) >= 11 is 1.58. The Hall–Kier alpha value is -3.03. The summed E-state index contributed by atoms with van der Waals surface area (Å²) < 4.78 is 1.76. The van der Waals surface area contributed by atoms with Crippen molar-refractivity contribution in [3.05, 3.63) is 28.5 Å². The summed E-state index contributed by atoms with van der Waals surface area (Å²) in [7, 11) is 1.88. The monoisotopic (exact) mass is 450 g/mol. The molecule has 0 radical (unpaired) electrons. The van der Waals surface area contributed by atoms with Crippen molar-refractivity contribution >= 4 is 39.1 Å². The summed E-state index contributed by atoms with van der Waals surface area (Å²) in [4.78, 5) is 27.2. The number of aromatic nitrogens is 4. The fourth-order valence-corrected chi connectivity index (χ4v) is 5.86. The number of hydrogen-bond acceptors (Lipinski definition) is 8. The molecule has 1 aliphatic carbocycles. The van der Waals surface area contributed by atoms with Gasteiger partial charge in [0.2, 0.25) is 5.91 Å². The van der Waals surface area contributed by atoms with Crippen molar-refractivity contribution in [2.75, 3.05) is 42.9 Å². The molecule has 1 fully saturated rings. The van der Waals surface area contributed by atoms with Crippen LogP contribution in [0.4, 0.5) is 10.8 Å². The van der Waals surface area contributed by atoms with Gasteiger partial charge in [0.05, 0.1) is 17.1 Å². The van der Waals surface area contributed by atoms with Crippen molar-refractivity contribution in [1.82, 2.24) is 24.6 Å². The van der Waals surface area contributed by atoms with Crippen molar-refractivity contribution < 1.29 is 4.79 Å². The quantitative estimate of drug-likeness (QED) is 0.636. The molecule has 32 heavy (non-hydrogen) atoms. The number of amides is 1. The Labute approximate surface area is 190 Å². The molecule has 9 nitrogen and oxygen atoms in total. The standard InChI is InChI=1S/C22H26N8OS/c1-28-20-17(13-26-28)21(25-14-24-20)30-10-8-29(9-11-30)7-6-19(31)27-22-16(12-23)15-4-2-3-5-18(15)32-22/h13-14H,2-11H2,1H3,(H,27,31). The zero-order valence-electron chi connectivity index (χ0n) is 18.2. The molecule has 0 bridgehead atoms. The first-order chi connectivity index (χ1) is 15.6. The maximum Gasteiger partial charge on any atom is 0.226 e. The lowest BCUT2D eigenvalue weighted by Crippen LogP contribution is -2.47. The number of aryl methyl sites for hydroxylation is 2. The van der Waals surface area contributed by atoms with Crippen LogP contribution in [0.15, 0.2) is 12.5 Å². The fourth-order valence-electron chi connectivity index (χ4n) is 4.61. The number of carbonyl (C=O) groups excluding carboxylic acids is 1. The second kappa shape index (κ2) is 8.84. The number of thiophene rings is 1. The topological polar surface area (TPSA) is 103 Å². The Kier molecular flexibility index (Phi) is 5.76. The molecular weight excluding hydrogens is 424 g/mol. The predicted octanol–water partition coefficient (Wildman–Crippen LogP) is 2.33. The average molecular weight is 451 g/mol. The van der Waals surface area contributed by atoms with Crippen LogP contribution in [0.2, 0.25) is 0 Å². The Morgan fingerprint density at radius 1 is 1.22 bits per heavy atom. The zero-order chi connectivity index (χ0) is 22.1. The average Bonchev–Trinajstić information content (AvgIpc) is 3.37. The number of hydrogen-bond donors (Lipinski definition) is 1. The largest absolute Gasteiger partial charge is 0.353 e. The van der Waals surface area contributed by atoms with Crippen LogP contribution in [0, 0.1) is 11.3 Å². The van der Waals surface area contributed by atoms with E-state index in [0.717, 1.165) is 72.9 Å². The first kappa shape index (κ1) is 20.8. The van der Waals surface area contributed by atoms with Crippen LogP contribution in [0.5, 0.6) is 0 Å². The Morgan fingerprint density at radius 3 is 2.84 bits per heavy atom. The molecule has 0 saturated carbocycles. The predicted molar refractivity (Wildman–Crippen MR) is 124 cm³/mol. The molecule has 2 aliphatic rings. The fraction of sp³-hybridized carbons (Fsp3) is 0.500. The van der Waals surface area contributed by atoms with Crippen molar-refractivity contribution in [2.45, 2.75) is 32.1 Å². The van der Waals surface area contributed by atoms with Crippen LogP contribution in [0.25, 0.3) is 11.0 Å². The molecule has 3 aromatic rings. The van der Waals surface area contributed by atoms with Gasteiger partial charge in [-0.2, -0.15) is 10.4 Å². The van der Waals surface area contributed by atoms with Gasteiger partial charge in [0.1, 0.15) is 23.2 Å². The molecule has 1 aliphatic heterocycles. The maximum absolute atomic E-state index is 12.6. The highest BCUT2D eigenvalue weighted by Gasteiger charge is 2.23. The highest BCUT2D eigenvalue weighted by atomic mass is 32.1. The highest BCUT2D eigenvalue weighted by molar-refractivity contribution is 7.16. The Balaban J connectivity index is 1.15. The second-order valence-corrected chi connectivity index (χ2v) is 9.46. The molecule has 10 heteroatoms. The van der Waals surface area contributed by atoms with Gasteiger partial charge in [-0.15, -0.1) is 11.3 Å². The normalized spacial score (nSPS) is 16.7. The van der Waals surface area contributed by atoms with Crippen LogP contribution in [-0.4, -0.2) is 63.3 Å². The lowest BCUT2D eigenvalue weighted by Gasteiger charge is -2.35. The molecule has 1 N–H and O–H groups in total. The molecule has 0 unspecified atom stereocenters. The van der Waals surface area contributed by atoms with Gasteiger partial charge < -0.3 is 10.2 Å². The van der Waals surface area contributed by atoms with Crippen molar-refractivity contribution in [3.8, 4) is 6.07 Å². The Bertz CT molecular complexity index is 1180. The minimum Gasteiger partial charge on any atom is -0.353 e. The van der Waals surface area contributed by atoms with Gasteiger partial charge in [-0.05, 0) is 31.2 Å². The second-order valence-electron chi connectivity index (χ2n) is 8.36. The number of rotatable bonds is 5. The number of piperazine rings is 1. The van der Waals surface area contributed by atoms with Crippen LogP contribution >= 0.6 is 11.3 Å². The number of fused-ring (bicyclic) bond motifs is 2. The van der Waals surface area contributed by atoms with Gasteiger partial charge in [-0.1, -0.05) is 0 Å². The molecule has 4 heterocycles. The zero-order valence-corrected chi connectivity index (χ0v) is 19.0. The number of nitrogens with one attached hydrogen (secondary N) is 1. The summed E-state index contributed by atoms with van der Waals surface area (Å²) in [5, 5.41) is 18.6. The Morgan fingerprint density at radius 2 is 2.03 bits per heavy atom. The van der Waals surface area contributed by atoms with E-state index in [-0.39, 0.29) is 5.91 Å². The van der Waals surface area contributed by atoms with Gasteiger partial charge in [0, 0.05) is 51.1 Å². The van der Waals surface area contributed by atoms with E-state index in [1.807, 2.05) is 13.2 Å². The third-order valence-corrected chi connectivity index (χ3v) is 7.58. The molecule has 3 aromatic heterocycles. The van der Waals surface area contributed by atoms with E-state index in [9.17, 15) is 10.1 Å². The summed E-state index contributed by atoms with van der Waals surface area (Å²) in [5.41, 5.74) is 2.67. The van der Waals surface area contributed by atoms with Gasteiger partial charge >= 0.3 is 0 Å². The molecule has 1 amide bonds. The van der Waals surface area contributed by atoms with Crippen LogP contribution in [0.3, 0.4) is 0 Å². The van der Waals surface area contributed by atoms with Crippen LogP contribution < -0.4 is 10.2 Å². The number of nitrogens with zero attached hydrogens (tertiary/aromatic N) is 7. The summed E-state index contributed by atoms with van der Waals surface area (Å²) in [5.74, 6) is 0.904. The summed E-state index contributed by atoms with van der Waals surface area (Å²) in [6.45, 7) is 4.14. The van der Waals surface area contributed by atoms with Crippen LogP contribution in [0.1, 0.15) is 35.3 Å². The van der Waals surface area contributed by atoms with E-state index in [4.69, 9.17) is 0 Å². The maximum atomic E-state index is 12.6. The molecule has 5 rings (SSSR count). The van der Waals surface area contributed by atoms with Crippen molar-refractivity contribution in [3.63, 3.8) is 0 Å². The molecular formula is C22H26N8OS. The van der Waals surface area contributed by atoms with Gasteiger partial charge in [-0.25, -0.2) is 9.97 Å². The number of carbonyl (C=O) groups is 1. The van der Waals surface area contributed by atoms with E-state index in [2.05, 4.69) is 36.3 Å². The molecule has 1 saturated heterocycles. The lowest BCUT2D eigenvalue weighted by atomic mass is 9.96. The first-order valence-corrected chi connectivity index (χ1v) is 11.9. The summed E-state index contributed by atoms with van der Waals surface area (Å²) in [6, 6.07) is 2.31. The smallest absolute Gasteiger partial charge is 0.226 e. The molecule has 0 atom stereocenters. The van der Waals surface area contributed by atoms with E-state index in [0.29, 0.717) is 18.5 Å². The van der Waals surface area contributed by atoms with Gasteiger partial charge in [-0.3, -0.25) is 14.4 Å². The molecule has 0 aromatic carbocycles. The summed E-state index contributed by atoms with van der Waals surface area (Å²) in [6.07, 6.45) is 8.10. The van der Waals surface area contributed by atoms with Crippen LogP contribution in [-0.2, 0) is 24.7 Å². The van der Waals surface area contributed by atoms with Gasteiger partial charge in [0.25, 0.3) is 0 Å². The third kappa shape index (κ3) is 3.94. The minimum atomic E-state index is -0.0182. The van der Waals surface area contributed by atoms with Gasteiger partial charge in [0.15, 0.2) is 5.65 Å². The number of anilines is 2. The number of nitriles is 1. The van der Waals surface area contributed by atoms with Crippen molar-refractivity contribution in [2.24, 2.45) is 7.05 Å². The third-order valence-electron chi connectivity index (χ3n) is 6.37. The lowest BCUT2D eigenvalue weighted by molar-refractivity contribution is -0.116. The van der Waals surface area contributed by atoms with Crippen molar-refractivity contribution in [1.29, 1.82) is 5.26 Å². The first-order valence-electron chi connectivity index (χ1n) is 11.1. The molecule has 166 valence electrons. The minimum absolute atomic E-state index is 0.0182.